The molecule has 0 radical (unpaired) electrons. The first-order chi connectivity index (χ1) is 9.59. The second-order valence-electron chi connectivity index (χ2n) is 6.03. The predicted octanol–water partition coefficient (Wildman–Crippen LogP) is 1.32. The number of nitrogens with zero attached hydrogens (tertiary/aromatic N) is 1. The van der Waals surface area contributed by atoms with Crippen LogP contribution in [0.5, 0.6) is 0 Å². The number of amides is 2. The molecule has 1 aliphatic carbocycles. The Labute approximate surface area is 121 Å². The second kappa shape index (κ2) is 7.07. The highest BCUT2D eigenvalue weighted by molar-refractivity contribution is 5.89. The molecule has 0 bridgehead atoms. The van der Waals surface area contributed by atoms with E-state index in [1.807, 2.05) is 13.8 Å². The minimum absolute atomic E-state index is 0.000969. The molecule has 0 aromatic heterocycles. The Morgan fingerprint density at radius 1 is 1.30 bits per heavy atom. The van der Waals surface area contributed by atoms with Crippen molar-refractivity contribution in [2.45, 2.75) is 58.1 Å². The van der Waals surface area contributed by atoms with Crippen LogP contribution in [0.15, 0.2) is 0 Å². The van der Waals surface area contributed by atoms with Gasteiger partial charge in [-0.3, -0.25) is 9.59 Å². The molecule has 2 fully saturated rings. The van der Waals surface area contributed by atoms with E-state index in [0.29, 0.717) is 13.2 Å². The Balaban J connectivity index is 1.69. The standard InChI is InChI=1S/C15H26N2O3/c1-11(2)20-10-4-8-16-14(18)13-5-3-9-17(13)15(19)12-6-7-12/h11-13H,3-10H2,1-2H3,(H,16,18)/t13-/m1/s1. The quantitative estimate of drug-likeness (QED) is 0.716. The SMILES string of the molecule is CC(C)OCCCNC(=O)[C@H]1CCCN1C(=O)C1CC1. The third-order valence-corrected chi connectivity index (χ3v) is 3.84. The van der Waals surface area contributed by atoms with Crippen LogP contribution < -0.4 is 5.32 Å². The van der Waals surface area contributed by atoms with Gasteiger partial charge in [-0.1, -0.05) is 0 Å². The molecule has 5 heteroatoms. The fourth-order valence-electron chi connectivity index (χ4n) is 2.59. The summed E-state index contributed by atoms with van der Waals surface area (Å²) in [4.78, 5) is 26.0. The third-order valence-electron chi connectivity index (χ3n) is 3.84. The van der Waals surface area contributed by atoms with Gasteiger partial charge in [-0.25, -0.2) is 0 Å². The molecular formula is C15H26N2O3. The molecule has 20 heavy (non-hydrogen) atoms. The zero-order valence-corrected chi connectivity index (χ0v) is 12.6. The molecule has 0 aromatic carbocycles. The first-order valence-electron chi connectivity index (χ1n) is 7.79. The van der Waals surface area contributed by atoms with E-state index in [-0.39, 0.29) is 29.9 Å². The topological polar surface area (TPSA) is 58.6 Å². The van der Waals surface area contributed by atoms with Gasteiger partial charge in [0.05, 0.1) is 6.10 Å². The number of ether oxygens (including phenoxy) is 1. The summed E-state index contributed by atoms with van der Waals surface area (Å²) in [6.45, 7) is 6.02. The first kappa shape index (κ1) is 15.3. The molecule has 114 valence electrons. The molecule has 2 rings (SSSR count). The lowest BCUT2D eigenvalue weighted by Gasteiger charge is -2.24. The molecular weight excluding hydrogens is 256 g/mol. The van der Waals surface area contributed by atoms with Gasteiger partial charge in [0.15, 0.2) is 0 Å². The molecule has 2 amide bonds. The van der Waals surface area contributed by atoms with E-state index >= 15 is 0 Å². The molecule has 1 N–H and O–H groups in total. The highest BCUT2D eigenvalue weighted by atomic mass is 16.5. The van der Waals surface area contributed by atoms with Crippen molar-refractivity contribution in [2.75, 3.05) is 19.7 Å². The second-order valence-corrected chi connectivity index (χ2v) is 6.03. The fraction of sp³-hybridized carbons (Fsp3) is 0.867. The van der Waals surface area contributed by atoms with Gasteiger partial charge < -0.3 is 15.0 Å². The van der Waals surface area contributed by atoms with Crippen molar-refractivity contribution < 1.29 is 14.3 Å². The molecule has 5 nitrogen and oxygen atoms in total. The van der Waals surface area contributed by atoms with Crippen LogP contribution in [0, 0.1) is 5.92 Å². The number of carbonyl (C=O) groups excluding carboxylic acids is 2. The third kappa shape index (κ3) is 4.20. The Morgan fingerprint density at radius 3 is 2.70 bits per heavy atom. The van der Waals surface area contributed by atoms with Crippen LogP contribution in [0.25, 0.3) is 0 Å². The summed E-state index contributed by atoms with van der Waals surface area (Å²) in [5, 5.41) is 2.93. The van der Waals surface area contributed by atoms with Gasteiger partial charge in [-0.2, -0.15) is 0 Å². The molecule has 1 heterocycles. The fourth-order valence-corrected chi connectivity index (χ4v) is 2.59. The van der Waals surface area contributed by atoms with Crippen LogP contribution >= 0.6 is 0 Å². The van der Waals surface area contributed by atoms with Crippen LogP contribution in [0.2, 0.25) is 0 Å². The summed E-state index contributed by atoms with van der Waals surface area (Å²) in [7, 11) is 0. The van der Waals surface area contributed by atoms with Crippen molar-refractivity contribution in [1.29, 1.82) is 0 Å². The summed E-state index contributed by atoms with van der Waals surface area (Å²) in [5.74, 6) is 0.384. The van der Waals surface area contributed by atoms with Crippen LogP contribution in [0.3, 0.4) is 0 Å². The maximum absolute atomic E-state index is 12.2. The Hall–Kier alpha value is -1.10. The van der Waals surface area contributed by atoms with Crippen molar-refractivity contribution in [3.63, 3.8) is 0 Å². The molecule has 1 saturated heterocycles. The number of hydrogen-bond acceptors (Lipinski definition) is 3. The van der Waals surface area contributed by atoms with Gasteiger partial charge in [-0.15, -0.1) is 0 Å². The van der Waals surface area contributed by atoms with E-state index in [0.717, 1.165) is 38.6 Å². The van der Waals surface area contributed by atoms with E-state index < -0.39 is 0 Å². The maximum atomic E-state index is 12.2. The summed E-state index contributed by atoms with van der Waals surface area (Å²) >= 11 is 0. The number of carbonyl (C=O) groups is 2. The average molecular weight is 282 g/mol. The van der Waals surface area contributed by atoms with Crippen molar-refractivity contribution in [3.05, 3.63) is 0 Å². The predicted molar refractivity (Wildman–Crippen MR) is 76.2 cm³/mol. The smallest absolute Gasteiger partial charge is 0.242 e. The highest BCUT2D eigenvalue weighted by Gasteiger charge is 2.40. The summed E-state index contributed by atoms with van der Waals surface area (Å²) in [5.41, 5.74) is 0. The number of nitrogens with one attached hydrogen (secondary N) is 1. The van der Waals surface area contributed by atoms with E-state index in [1.54, 1.807) is 4.90 Å². The molecule has 0 aromatic rings. The summed E-state index contributed by atoms with van der Waals surface area (Å²) in [6, 6.07) is -0.242. The summed E-state index contributed by atoms with van der Waals surface area (Å²) < 4.78 is 5.43. The van der Waals surface area contributed by atoms with Gasteiger partial charge >= 0.3 is 0 Å². The normalized spacial score (nSPS) is 22.4. The van der Waals surface area contributed by atoms with Crippen LogP contribution in [-0.4, -0.2) is 48.6 Å². The van der Waals surface area contributed by atoms with E-state index in [9.17, 15) is 9.59 Å². The molecule has 2 aliphatic rings. The van der Waals surface area contributed by atoms with Crippen molar-refractivity contribution in [1.82, 2.24) is 10.2 Å². The molecule has 0 spiro atoms. The van der Waals surface area contributed by atoms with Gasteiger partial charge in [-0.05, 0) is 46.0 Å². The number of hydrogen-bond donors (Lipinski definition) is 1. The highest BCUT2D eigenvalue weighted by Crippen LogP contribution is 2.33. The zero-order valence-electron chi connectivity index (χ0n) is 12.6. The molecule has 0 unspecified atom stereocenters. The molecule has 1 saturated carbocycles. The average Bonchev–Trinajstić information content (AvgIpc) is 3.14. The van der Waals surface area contributed by atoms with Gasteiger partial charge in [0.2, 0.25) is 11.8 Å². The van der Waals surface area contributed by atoms with Crippen molar-refractivity contribution in [2.24, 2.45) is 5.92 Å². The number of likely N-dealkylation sites (tertiary alicyclic amines) is 1. The van der Waals surface area contributed by atoms with Crippen LogP contribution in [-0.2, 0) is 14.3 Å². The van der Waals surface area contributed by atoms with Crippen LogP contribution in [0.4, 0.5) is 0 Å². The molecule has 1 atom stereocenters. The zero-order chi connectivity index (χ0) is 14.5. The van der Waals surface area contributed by atoms with Gasteiger partial charge in [0.25, 0.3) is 0 Å². The minimum atomic E-state index is -0.242. The van der Waals surface area contributed by atoms with E-state index in [1.165, 1.54) is 0 Å². The maximum Gasteiger partial charge on any atom is 0.242 e. The van der Waals surface area contributed by atoms with Crippen molar-refractivity contribution >= 4 is 11.8 Å². The van der Waals surface area contributed by atoms with E-state index in [4.69, 9.17) is 4.74 Å². The lowest BCUT2D eigenvalue weighted by Crippen LogP contribution is -2.46. The lowest BCUT2D eigenvalue weighted by atomic mass is 10.2. The van der Waals surface area contributed by atoms with Crippen LogP contribution in [0.1, 0.15) is 46.0 Å². The van der Waals surface area contributed by atoms with Crippen molar-refractivity contribution in [3.8, 4) is 0 Å². The number of rotatable bonds is 7. The first-order valence-corrected chi connectivity index (χ1v) is 7.79. The Morgan fingerprint density at radius 2 is 2.05 bits per heavy atom. The Bertz CT molecular complexity index is 353. The lowest BCUT2D eigenvalue weighted by molar-refractivity contribution is -0.139. The van der Waals surface area contributed by atoms with Gasteiger partial charge in [0.1, 0.15) is 6.04 Å². The minimum Gasteiger partial charge on any atom is -0.379 e. The Kier molecular flexibility index (Phi) is 5.40. The summed E-state index contributed by atoms with van der Waals surface area (Å²) in [6.07, 6.45) is 4.77. The molecule has 1 aliphatic heterocycles. The monoisotopic (exact) mass is 282 g/mol. The van der Waals surface area contributed by atoms with Gasteiger partial charge in [0, 0.05) is 25.6 Å². The largest absolute Gasteiger partial charge is 0.379 e. The van der Waals surface area contributed by atoms with E-state index in [2.05, 4.69) is 5.32 Å².